The first-order valence-corrected chi connectivity index (χ1v) is 10.3. The molecule has 172 valence electrons. The Labute approximate surface area is 185 Å². The second-order valence-electron chi connectivity index (χ2n) is 8.61. The zero-order valence-corrected chi connectivity index (χ0v) is 18.7. The number of rotatable bonds is 6. The number of carbonyl (C=O) groups is 2. The molecular weight excluding hydrogens is 417 g/mol. The molecule has 0 saturated carbocycles. The van der Waals surface area contributed by atoms with Gasteiger partial charge in [0.2, 0.25) is 17.6 Å². The minimum atomic E-state index is -0.905. The number of nitrogens with one attached hydrogen (secondary N) is 1. The fourth-order valence-electron chi connectivity index (χ4n) is 3.80. The quantitative estimate of drug-likeness (QED) is 0.674. The van der Waals surface area contributed by atoms with Gasteiger partial charge in [-0.2, -0.15) is 0 Å². The number of aromatic nitrogens is 2. The molecule has 0 radical (unpaired) electrons. The molecule has 0 spiro atoms. The highest BCUT2D eigenvalue weighted by atomic mass is 19.1. The molecule has 0 bridgehead atoms. The van der Waals surface area contributed by atoms with E-state index in [-0.39, 0.29) is 43.5 Å². The van der Waals surface area contributed by atoms with E-state index in [4.69, 9.17) is 0 Å². The third kappa shape index (κ3) is 4.80. The predicted octanol–water partition coefficient (Wildman–Crippen LogP) is 0.586. The van der Waals surface area contributed by atoms with Gasteiger partial charge in [0.1, 0.15) is 11.6 Å². The number of benzene rings is 1. The molecule has 2 N–H and O–H groups in total. The molecule has 2 aromatic rings. The number of hydrogen-bond donors (Lipinski definition) is 2. The second-order valence-corrected chi connectivity index (χ2v) is 8.61. The summed E-state index contributed by atoms with van der Waals surface area (Å²) in [5, 5.41) is 13.0. The van der Waals surface area contributed by atoms with Gasteiger partial charge >= 0.3 is 0 Å². The van der Waals surface area contributed by atoms with Crippen molar-refractivity contribution in [2.75, 3.05) is 27.2 Å². The monoisotopic (exact) mass is 445 g/mol. The van der Waals surface area contributed by atoms with Crippen molar-refractivity contribution in [2.24, 2.45) is 0 Å². The lowest BCUT2D eigenvalue weighted by atomic mass is 9.97. The molecule has 0 unspecified atom stereocenters. The summed E-state index contributed by atoms with van der Waals surface area (Å²) in [4.78, 5) is 45.8. The number of halogens is 1. The number of hydrogen-bond acceptors (Lipinski definition) is 6. The first-order valence-electron chi connectivity index (χ1n) is 10.3. The van der Waals surface area contributed by atoms with Crippen LogP contribution >= 0.6 is 0 Å². The maximum Gasteiger partial charge on any atom is 0.296 e. The van der Waals surface area contributed by atoms with E-state index in [1.54, 1.807) is 49.9 Å². The van der Waals surface area contributed by atoms with Gasteiger partial charge in [-0.15, -0.1) is 0 Å². The van der Waals surface area contributed by atoms with Gasteiger partial charge in [0.25, 0.3) is 5.56 Å². The Kier molecular flexibility index (Phi) is 6.63. The van der Waals surface area contributed by atoms with Crippen LogP contribution in [0.1, 0.15) is 30.9 Å². The largest absolute Gasteiger partial charge is 0.502 e. The number of nitrogens with zero attached hydrogens (tertiary/aromatic N) is 4. The minimum absolute atomic E-state index is 0.0483. The Bertz CT molecular complexity index is 1080. The van der Waals surface area contributed by atoms with Crippen molar-refractivity contribution in [1.29, 1.82) is 0 Å². The molecule has 9 nitrogen and oxygen atoms in total. The summed E-state index contributed by atoms with van der Waals surface area (Å²) in [6.07, 6.45) is -0.308. The van der Waals surface area contributed by atoms with Crippen LogP contribution in [0.3, 0.4) is 0 Å². The van der Waals surface area contributed by atoms with Crippen molar-refractivity contribution in [1.82, 2.24) is 24.7 Å². The number of carbonyl (C=O) groups excluding carboxylic acids is 2. The lowest BCUT2D eigenvalue weighted by Gasteiger charge is -2.43. The molecule has 1 aromatic heterocycles. The fourth-order valence-corrected chi connectivity index (χ4v) is 3.80. The maximum absolute atomic E-state index is 13.0. The first-order chi connectivity index (χ1) is 15.0. The van der Waals surface area contributed by atoms with Gasteiger partial charge in [0.05, 0.1) is 24.2 Å². The zero-order chi connectivity index (χ0) is 23.6. The average molecular weight is 445 g/mol. The minimum Gasteiger partial charge on any atom is -0.502 e. The third-order valence-corrected chi connectivity index (χ3v) is 5.47. The molecule has 0 aliphatic carbocycles. The van der Waals surface area contributed by atoms with Crippen LogP contribution in [-0.2, 0) is 34.6 Å². The van der Waals surface area contributed by atoms with E-state index >= 15 is 0 Å². The lowest BCUT2D eigenvalue weighted by molar-refractivity contribution is -0.139. The Balaban J connectivity index is 1.82. The van der Waals surface area contributed by atoms with Gasteiger partial charge in [-0.05, 0) is 45.6 Å². The van der Waals surface area contributed by atoms with Gasteiger partial charge in [-0.3, -0.25) is 19.0 Å². The van der Waals surface area contributed by atoms with E-state index in [1.165, 1.54) is 16.7 Å². The second kappa shape index (κ2) is 9.07. The molecule has 1 aromatic carbocycles. The molecule has 2 heterocycles. The van der Waals surface area contributed by atoms with Crippen LogP contribution < -0.4 is 10.9 Å². The van der Waals surface area contributed by atoms with Gasteiger partial charge < -0.3 is 20.2 Å². The van der Waals surface area contributed by atoms with Gasteiger partial charge in [-0.25, -0.2) is 9.37 Å². The molecule has 0 atom stereocenters. The molecule has 2 amide bonds. The van der Waals surface area contributed by atoms with Crippen LogP contribution in [0, 0.1) is 5.82 Å². The molecule has 10 heteroatoms. The SMILES string of the molecule is CN(C)CC(=O)N1CCn2c(nc(CC(=O)NCc3ccc(F)cc3)c(O)c2=O)C1(C)C. The summed E-state index contributed by atoms with van der Waals surface area (Å²) in [7, 11) is 3.60. The highest BCUT2D eigenvalue weighted by molar-refractivity contribution is 5.80. The smallest absolute Gasteiger partial charge is 0.296 e. The van der Waals surface area contributed by atoms with Crippen molar-refractivity contribution in [3.63, 3.8) is 0 Å². The third-order valence-electron chi connectivity index (χ3n) is 5.47. The summed E-state index contributed by atoms with van der Waals surface area (Å²) >= 11 is 0. The number of amides is 2. The van der Waals surface area contributed by atoms with E-state index < -0.39 is 22.8 Å². The number of aromatic hydroxyl groups is 1. The Morgan fingerprint density at radius 3 is 2.50 bits per heavy atom. The van der Waals surface area contributed by atoms with Crippen LogP contribution in [0.15, 0.2) is 29.1 Å². The fraction of sp³-hybridized carbons (Fsp3) is 0.455. The zero-order valence-electron chi connectivity index (χ0n) is 18.7. The molecule has 1 aliphatic rings. The Morgan fingerprint density at radius 2 is 1.88 bits per heavy atom. The number of likely N-dealkylation sites (N-methyl/N-ethyl adjacent to an activating group) is 1. The van der Waals surface area contributed by atoms with Gasteiger partial charge in [0, 0.05) is 19.6 Å². The standard InChI is InChI=1S/C22H28FN5O4/c1-22(2)21-25-16(11-17(29)24-12-14-5-7-15(23)8-6-14)19(31)20(32)27(21)9-10-28(22)18(30)13-26(3)4/h5-8,31H,9-13H2,1-4H3,(H,24,29). The van der Waals surface area contributed by atoms with Crippen molar-refractivity contribution in [3.05, 3.63) is 57.5 Å². The highest BCUT2D eigenvalue weighted by Crippen LogP contribution is 2.30. The van der Waals surface area contributed by atoms with Crippen LogP contribution in [0.4, 0.5) is 4.39 Å². The summed E-state index contributed by atoms with van der Waals surface area (Å²) < 4.78 is 14.4. The summed E-state index contributed by atoms with van der Waals surface area (Å²) in [6.45, 7) is 4.47. The summed E-state index contributed by atoms with van der Waals surface area (Å²) in [5.41, 5.74) is -0.882. The van der Waals surface area contributed by atoms with Gasteiger partial charge in [-0.1, -0.05) is 12.1 Å². The van der Waals surface area contributed by atoms with E-state index in [0.29, 0.717) is 17.9 Å². The molecule has 1 aliphatic heterocycles. The maximum atomic E-state index is 13.0. The van der Waals surface area contributed by atoms with Crippen molar-refractivity contribution in [3.8, 4) is 5.75 Å². The number of fused-ring (bicyclic) bond motifs is 1. The molecule has 32 heavy (non-hydrogen) atoms. The van der Waals surface area contributed by atoms with Crippen LogP contribution in [0.2, 0.25) is 0 Å². The van der Waals surface area contributed by atoms with E-state index in [2.05, 4.69) is 10.3 Å². The van der Waals surface area contributed by atoms with Gasteiger partial charge in [0.15, 0.2) is 0 Å². The molecule has 3 rings (SSSR count). The average Bonchev–Trinajstić information content (AvgIpc) is 2.71. The van der Waals surface area contributed by atoms with Crippen molar-refractivity contribution >= 4 is 11.8 Å². The van der Waals surface area contributed by atoms with Crippen molar-refractivity contribution in [2.45, 2.75) is 38.9 Å². The Morgan fingerprint density at radius 1 is 1.22 bits per heavy atom. The first kappa shape index (κ1) is 23.4. The highest BCUT2D eigenvalue weighted by Gasteiger charge is 2.40. The molecule has 0 saturated heterocycles. The molecular formula is C22H28FN5O4. The van der Waals surface area contributed by atoms with Crippen molar-refractivity contribution < 1.29 is 19.1 Å². The summed E-state index contributed by atoms with van der Waals surface area (Å²) in [5.74, 6) is -1.18. The van der Waals surface area contributed by atoms with E-state index in [0.717, 1.165) is 0 Å². The van der Waals surface area contributed by atoms with Crippen LogP contribution in [0.25, 0.3) is 0 Å². The van der Waals surface area contributed by atoms with Crippen LogP contribution in [0.5, 0.6) is 5.75 Å². The predicted molar refractivity (Wildman–Crippen MR) is 115 cm³/mol. The molecule has 0 fully saturated rings. The topological polar surface area (TPSA) is 108 Å². The Hall–Kier alpha value is -3.27. The summed E-state index contributed by atoms with van der Waals surface area (Å²) in [6, 6.07) is 5.70. The van der Waals surface area contributed by atoms with E-state index in [9.17, 15) is 23.9 Å². The lowest BCUT2D eigenvalue weighted by Crippen LogP contribution is -2.56. The van der Waals surface area contributed by atoms with Crippen LogP contribution in [-0.4, -0.2) is 63.5 Å². The normalized spacial score (nSPS) is 14.9. The van der Waals surface area contributed by atoms with E-state index in [1.807, 2.05) is 0 Å².